The molecule has 0 bridgehead atoms. The van der Waals surface area contributed by atoms with Gasteiger partial charge in [-0.15, -0.1) is 0 Å². The number of rotatable bonds is 9. The smallest absolute Gasteiger partial charge is 0.307 e. The van der Waals surface area contributed by atoms with Crippen molar-refractivity contribution in [2.45, 2.75) is 38.6 Å². The van der Waals surface area contributed by atoms with E-state index in [1.165, 1.54) is 0 Å². The summed E-state index contributed by atoms with van der Waals surface area (Å²) in [6.07, 6.45) is 4.43. The van der Waals surface area contributed by atoms with Gasteiger partial charge in [0.1, 0.15) is 0 Å². The van der Waals surface area contributed by atoms with Gasteiger partial charge in [0.2, 0.25) is 5.91 Å². The lowest BCUT2D eigenvalue weighted by molar-refractivity contribution is -0.142. The molecule has 0 aliphatic heterocycles. The van der Waals surface area contributed by atoms with Gasteiger partial charge in [-0.3, -0.25) is 14.5 Å². The van der Waals surface area contributed by atoms with E-state index in [9.17, 15) is 9.59 Å². The van der Waals surface area contributed by atoms with Crippen molar-refractivity contribution >= 4 is 11.9 Å². The Kier molecular flexibility index (Phi) is 7.54. The summed E-state index contributed by atoms with van der Waals surface area (Å²) in [6, 6.07) is 0.338. The fraction of sp³-hybridized carbons (Fsp3) is 0.857. The zero-order valence-corrected chi connectivity index (χ0v) is 12.4. The quantitative estimate of drug-likeness (QED) is 0.610. The van der Waals surface area contributed by atoms with E-state index in [0.717, 1.165) is 25.7 Å². The predicted octanol–water partition coefficient (Wildman–Crippen LogP) is 0.714. The maximum absolute atomic E-state index is 11.9. The Morgan fingerprint density at radius 2 is 2.05 bits per heavy atom. The first-order chi connectivity index (χ1) is 9.54. The molecule has 1 atom stereocenters. The number of nitrogens with zero attached hydrogens (tertiary/aromatic N) is 1. The van der Waals surface area contributed by atoms with Crippen LogP contribution in [0.1, 0.15) is 32.6 Å². The van der Waals surface area contributed by atoms with Crippen molar-refractivity contribution in [3.8, 4) is 0 Å². The molecule has 1 aliphatic carbocycles. The SMILES string of the molecule is COCCNC(=O)CN(CC(C)C(=O)O)C1CCCC1. The number of aliphatic carboxylic acids is 1. The number of carbonyl (C=O) groups excluding carboxylic acids is 1. The molecule has 20 heavy (non-hydrogen) atoms. The van der Waals surface area contributed by atoms with Gasteiger partial charge in [-0.05, 0) is 12.8 Å². The van der Waals surface area contributed by atoms with E-state index in [-0.39, 0.29) is 12.5 Å². The summed E-state index contributed by atoms with van der Waals surface area (Å²) in [7, 11) is 1.59. The number of ether oxygens (including phenoxy) is 1. The fourth-order valence-corrected chi connectivity index (χ4v) is 2.57. The summed E-state index contributed by atoms with van der Waals surface area (Å²) in [4.78, 5) is 24.9. The summed E-state index contributed by atoms with van der Waals surface area (Å²) >= 11 is 0. The van der Waals surface area contributed by atoms with Crippen LogP contribution in [0.3, 0.4) is 0 Å². The van der Waals surface area contributed by atoms with Crippen LogP contribution in [0.15, 0.2) is 0 Å². The van der Waals surface area contributed by atoms with Crippen LogP contribution < -0.4 is 5.32 Å². The number of carbonyl (C=O) groups is 2. The van der Waals surface area contributed by atoms with Gasteiger partial charge >= 0.3 is 5.97 Å². The highest BCUT2D eigenvalue weighted by Gasteiger charge is 2.27. The normalized spacial score (nSPS) is 17.4. The van der Waals surface area contributed by atoms with Gasteiger partial charge in [0.25, 0.3) is 0 Å². The molecule has 116 valence electrons. The summed E-state index contributed by atoms with van der Waals surface area (Å²) in [6.45, 7) is 3.36. The number of nitrogens with one attached hydrogen (secondary N) is 1. The molecule has 1 aliphatic rings. The van der Waals surface area contributed by atoms with Crippen LogP contribution in [-0.2, 0) is 14.3 Å². The second-order valence-corrected chi connectivity index (χ2v) is 5.45. The minimum Gasteiger partial charge on any atom is -0.481 e. The minimum atomic E-state index is -0.812. The van der Waals surface area contributed by atoms with Crippen LogP contribution >= 0.6 is 0 Å². The number of amides is 1. The van der Waals surface area contributed by atoms with E-state index in [4.69, 9.17) is 9.84 Å². The summed E-state index contributed by atoms with van der Waals surface area (Å²) in [5.41, 5.74) is 0. The van der Waals surface area contributed by atoms with Crippen molar-refractivity contribution in [3.05, 3.63) is 0 Å². The highest BCUT2D eigenvalue weighted by Crippen LogP contribution is 2.24. The molecule has 0 aromatic heterocycles. The monoisotopic (exact) mass is 286 g/mol. The van der Waals surface area contributed by atoms with Crippen molar-refractivity contribution < 1.29 is 19.4 Å². The molecule has 1 rings (SSSR count). The molecule has 0 saturated heterocycles. The maximum atomic E-state index is 11.9. The lowest BCUT2D eigenvalue weighted by Gasteiger charge is -2.29. The summed E-state index contributed by atoms with van der Waals surface area (Å²) < 4.78 is 4.89. The molecule has 2 N–H and O–H groups in total. The van der Waals surface area contributed by atoms with Crippen molar-refractivity contribution in [3.63, 3.8) is 0 Å². The van der Waals surface area contributed by atoms with E-state index in [2.05, 4.69) is 5.32 Å². The molecule has 1 fully saturated rings. The van der Waals surface area contributed by atoms with Gasteiger partial charge in [-0.25, -0.2) is 0 Å². The maximum Gasteiger partial charge on any atom is 0.307 e. The second-order valence-electron chi connectivity index (χ2n) is 5.45. The van der Waals surface area contributed by atoms with Gasteiger partial charge in [0, 0.05) is 26.2 Å². The van der Waals surface area contributed by atoms with Crippen LogP contribution in [0, 0.1) is 5.92 Å². The average molecular weight is 286 g/mol. The molecule has 6 nitrogen and oxygen atoms in total. The molecular weight excluding hydrogens is 260 g/mol. The van der Waals surface area contributed by atoms with Gasteiger partial charge in [0.05, 0.1) is 19.1 Å². The van der Waals surface area contributed by atoms with Crippen LogP contribution in [0.2, 0.25) is 0 Å². The first-order valence-corrected chi connectivity index (χ1v) is 7.27. The van der Waals surface area contributed by atoms with Crippen molar-refractivity contribution in [1.82, 2.24) is 10.2 Å². The Labute approximate surface area is 120 Å². The number of carboxylic acid groups (broad SMARTS) is 1. The van der Waals surface area contributed by atoms with Crippen molar-refractivity contribution in [2.75, 3.05) is 33.4 Å². The number of hydrogen-bond donors (Lipinski definition) is 2. The standard InChI is InChI=1S/C14H26N2O4/c1-11(14(18)19)9-16(12-5-3-4-6-12)10-13(17)15-7-8-20-2/h11-12H,3-10H2,1-2H3,(H,15,17)(H,18,19). The van der Waals surface area contributed by atoms with Crippen LogP contribution in [-0.4, -0.2) is 61.3 Å². The average Bonchev–Trinajstić information content (AvgIpc) is 2.91. The van der Waals surface area contributed by atoms with E-state index in [0.29, 0.717) is 25.7 Å². The summed E-state index contributed by atoms with van der Waals surface area (Å²) in [5.74, 6) is -1.33. The largest absolute Gasteiger partial charge is 0.481 e. The lowest BCUT2D eigenvalue weighted by atomic mass is 10.1. The highest BCUT2D eigenvalue weighted by atomic mass is 16.5. The first kappa shape index (κ1) is 16.9. The Morgan fingerprint density at radius 1 is 1.40 bits per heavy atom. The predicted molar refractivity (Wildman–Crippen MR) is 75.5 cm³/mol. The van der Waals surface area contributed by atoms with E-state index in [1.54, 1.807) is 14.0 Å². The third-order valence-electron chi connectivity index (χ3n) is 3.75. The van der Waals surface area contributed by atoms with Crippen LogP contribution in [0.25, 0.3) is 0 Å². The van der Waals surface area contributed by atoms with Crippen LogP contribution in [0.4, 0.5) is 0 Å². The third-order valence-corrected chi connectivity index (χ3v) is 3.75. The van der Waals surface area contributed by atoms with E-state index < -0.39 is 11.9 Å². The van der Waals surface area contributed by atoms with Crippen molar-refractivity contribution in [2.24, 2.45) is 5.92 Å². The van der Waals surface area contributed by atoms with E-state index in [1.807, 2.05) is 4.90 Å². The zero-order valence-electron chi connectivity index (χ0n) is 12.4. The lowest BCUT2D eigenvalue weighted by Crippen LogP contribution is -2.45. The van der Waals surface area contributed by atoms with Gasteiger partial charge in [-0.2, -0.15) is 0 Å². The van der Waals surface area contributed by atoms with E-state index >= 15 is 0 Å². The molecule has 0 heterocycles. The Hall–Kier alpha value is -1.14. The molecule has 6 heteroatoms. The molecule has 0 aromatic rings. The highest BCUT2D eigenvalue weighted by molar-refractivity contribution is 5.78. The van der Waals surface area contributed by atoms with Crippen molar-refractivity contribution in [1.29, 1.82) is 0 Å². The molecule has 0 radical (unpaired) electrons. The van der Waals surface area contributed by atoms with Crippen LogP contribution in [0.5, 0.6) is 0 Å². The topological polar surface area (TPSA) is 78.9 Å². The fourth-order valence-electron chi connectivity index (χ4n) is 2.57. The number of hydrogen-bond acceptors (Lipinski definition) is 4. The molecule has 1 saturated carbocycles. The second kappa shape index (κ2) is 8.92. The first-order valence-electron chi connectivity index (χ1n) is 7.27. The molecule has 1 amide bonds. The Balaban J connectivity index is 2.48. The van der Waals surface area contributed by atoms with Gasteiger partial charge in [-0.1, -0.05) is 19.8 Å². The number of carboxylic acids is 1. The van der Waals surface area contributed by atoms with Gasteiger partial charge < -0.3 is 15.2 Å². The molecular formula is C14H26N2O4. The molecule has 0 spiro atoms. The molecule has 1 unspecified atom stereocenters. The molecule has 0 aromatic carbocycles. The number of methoxy groups -OCH3 is 1. The minimum absolute atomic E-state index is 0.0634. The summed E-state index contributed by atoms with van der Waals surface area (Å²) in [5, 5.41) is 11.8. The third kappa shape index (κ3) is 5.88. The Bertz CT molecular complexity index is 316. The van der Waals surface area contributed by atoms with Gasteiger partial charge in [0.15, 0.2) is 0 Å². The zero-order chi connectivity index (χ0) is 15.0. The Morgan fingerprint density at radius 3 is 2.60 bits per heavy atom.